The third kappa shape index (κ3) is 1.29. The summed E-state index contributed by atoms with van der Waals surface area (Å²) in [6, 6.07) is 11.6. The van der Waals surface area contributed by atoms with E-state index in [0.29, 0.717) is 5.41 Å². The van der Waals surface area contributed by atoms with Crippen molar-refractivity contribution >= 4 is 0 Å². The van der Waals surface area contributed by atoms with Gasteiger partial charge in [-0.15, -0.1) is 0 Å². The van der Waals surface area contributed by atoms with Crippen molar-refractivity contribution in [2.24, 2.45) is 40.9 Å². The molecule has 7 fully saturated rings. The molecule has 0 radical (unpaired) electrons. The van der Waals surface area contributed by atoms with Crippen LogP contribution in [0.1, 0.15) is 57.4 Å². The monoisotopic (exact) mass is 292 g/mol. The van der Waals surface area contributed by atoms with Crippen molar-refractivity contribution < 1.29 is 0 Å². The standard InChI is InChI=1S/C22H28/c1-2-21-8-15-18-11-22(14-6-4-3-5-7-14)12-19(15)17(10-21)20(13-22)16(18)9-21/h3-7,15-20H,2,8-13H2,1H3. The van der Waals surface area contributed by atoms with Gasteiger partial charge in [0.15, 0.2) is 0 Å². The Morgan fingerprint density at radius 3 is 1.64 bits per heavy atom. The maximum atomic E-state index is 2.48. The molecule has 1 aromatic rings. The first-order chi connectivity index (χ1) is 10.7. The molecule has 0 atom stereocenters. The molecule has 0 saturated heterocycles. The van der Waals surface area contributed by atoms with E-state index in [9.17, 15) is 0 Å². The molecule has 0 spiro atoms. The van der Waals surface area contributed by atoms with E-state index in [1.54, 1.807) is 24.8 Å². The van der Waals surface area contributed by atoms with Crippen molar-refractivity contribution in [2.45, 2.75) is 57.3 Å². The van der Waals surface area contributed by atoms with E-state index in [1.807, 2.05) is 0 Å². The first-order valence-corrected chi connectivity index (χ1v) is 9.79. The first-order valence-electron chi connectivity index (χ1n) is 9.79. The summed E-state index contributed by atoms with van der Waals surface area (Å²) in [7, 11) is 0. The Hall–Kier alpha value is -0.780. The molecule has 0 nitrogen and oxygen atoms in total. The zero-order valence-corrected chi connectivity index (χ0v) is 13.8. The van der Waals surface area contributed by atoms with E-state index < -0.39 is 0 Å². The molecule has 0 aromatic heterocycles. The summed E-state index contributed by atoms with van der Waals surface area (Å²) in [5, 5.41) is 0. The van der Waals surface area contributed by atoms with Crippen molar-refractivity contribution in [3.05, 3.63) is 35.9 Å². The molecule has 7 aliphatic carbocycles. The highest BCUT2D eigenvalue weighted by atomic mass is 14.7. The summed E-state index contributed by atoms with van der Waals surface area (Å²) in [5.74, 6) is 6.62. The minimum absolute atomic E-state index is 0.578. The maximum Gasteiger partial charge on any atom is -0.00385 e. The zero-order valence-electron chi connectivity index (χ0n) is 13.8. The molecule has 7 aliphatic rings. The van der Waals surface area contributed by atoms with Crippen LogP contribution in [0.3, 0.4) is 0 Å². The highest BCUT2D eigenvalue weighted by Crippen LogP contribution is 2.77. The molecule has 22 heavy (non-hydrogen) atoms. The highest BCUT2D eigenvalue weighted by Gasteiger charge is 2.70. The van der Waals surface area contributed by atoms with Gasteiger partial charge in [0.2, 0.25) is 0 Å². The molecule has 8 rings (SSSR count). The van der Waals surface area contributed by atoms with Crippen molar-refractivity contribution in [3.63, 3.8) is 0 Å². The van der Waals surface area contributed by atoms with E-state index in [4.69, 9.17) is 0 Å². The Balaban J connectivity index is 1.46. The van der Waals surface area contributed by atoms with Crippen LogP contribution in [0.15, 0.2) is 30.3 Å². The van der Waals surface area contributed by atoms with E-state index >= 15 is 0 Å². The van der Waals surface area contributed by atoms with Gasteiger partial charge in [-0.2, -0.15) is 0 Å². The Morgan fingerprint density at radius 1 is 0.727 bits per heavy atom. The molecule has 0 amide bonds. The van der Waals surface area contributed by atoms with Crippen LogP contribution in [-0.2, 0) is 5.41 Å². The van der Waals surface area contributed by atoms with Crippen LogP contribution in [0.25, 0.3) is 0 Å². The SMILES string of the molecule is CCC12CC3C4CC5(c6ccccc6)CC3C(C1)C(C5)C4C2. The van der Waals surface area contributed by atoms with Gasteiger partial charge < -0.3 is 0 Å². The molecule has 0 aliphatic heterocycles. The van der Waals surface area contributed by atoms with Gasteiger partial charge in [-0.25, -0.2) is 0 Å². The Labute approximate surface area is 134 Å². The van der Waals surface area contributed by atoms with E-state index in [0.717, 1.165) is 40.9 Å². The predicted molar refractivity (Wildman–Crippen MR) is 89.5 cm³/mol. The second kappa shape index (κ2) is 3.82. The van der Waals surface area contributed by atoms with Crippen LogP contribution in [0, 0.1) is 40.9 Å². The van der Waals surface area contributed by atoms with Gasteiger partial charge in [0.25, 0.3) is 0 Å². The largest absolute Gasteiger partial charge is 0.0649 e. The second-order valence-electron chi connectivity index (χ2n) is 9.71. The molecule has 0 N–H and O–H groups in total. The fourth-order valence-electron chi connectivity index (χ4n) is 8.65. The smallest absolute Gasteiger partial charge is 0.00385 e. The van der Waals surface area contributed by atoms with E-state index in [2.05, 4.69) is 37.3 Å². The van der Waals surface area contributed by atoms with Crippen LogP contribution in [0.4, 0.5) is 0 Å². The van der Waals surface area contributed by atoms with Gasteiger partial charge in [-0.1, -0.05) is 43.7 Å². The van der Waals surface area contributed by atoms with Crippen LogP contribution in [0.2, 0.25) is 0 Å². The van der Waals surface area contributed by atoms with E-state index in [-0.39, 0.29) is 0 Å². The average Bonchev–Trinajstić information content (AvgIpc) is 2.59. The zero-order chi connectivity index (χ0) is 14.5. The molecule has 1 aromatic carbocycles. The van der Waals surface area contributed by atoms with E-state index in [1.165, 1.54) is 25.7 Å². The van der Waals surface area contributed by atoms with Crippen molar-refractivity contribution in [1.29, 1.82) is 0 Å². The van der Waals surface area contributed by atoms with Crippen LogP contribution >= 0.6 is 0 Å². The van der Waals surface area contributed by atoms with Crippen LogP contribution < -0.4 is 0 Å². The molecule has 0 heteroatoms. The minimum Gasteiger partial charge on any atom is -0.0649 e. The van der Waals surface area contributed by atoms with Gasteiger partial charge >= 0.3 is 0 Å². The second-order valence-corrected chi connectivity index (χ2v) is 9.71. The molecule has 8 bridgehead atoms. The normalized spacial score (nSPS) is 56.8. The Kier molecular flexibility index (Phi) is 2.19. The van der Waals surface area contributed by atoms with Crippen molar-refractivity contribution in [2.75, 3.05) is 0 Å². The lowest BCUT2D eigenvalue weighted by Crippen LogP contribution is -2.68. The third-order valence-electron chi connectivity index (χ3n) is 9.32. The predicted octanol–water partition coefficient (Wildman–Crippen LogP) is 5.43. The number of rotatable bonds is 2. The molecular formula is C22H28. The third-order valence-corrected chi connectivity index (χ3v) is 9.32. The first kappa shape index (κ1) is 12.6. The van der Waals surface area contributed by atoms with Crippen molar-refractivity contribution in [1.82, 2.24) is 0 Å². The Morgan fingerprint density at radius 2 is 1.18 bits per heavy atom. The maximum absolute atomic E-state index is 2.48. The summed E-state index contributed by atoms with van der Waals surface area (Å²) in [6.07, 6.45) is 10.9. The molecule has 0 unspecified atom stereocenters. The summed E-state index contributed by atoms with van der Waals surface area (Å²) in [4.78, 5) is 0. The van der Waals surface area contributed by atoms with Gasteiger partial charge in [-0.05, 0) is 90.4 Å². The summed E-state index contributed by atoms with van der Waals surface area (Å²) >= 11 is 0. The lowest BCUT2D eigenvalue weighted by molar-refractivity contribution is -0.240. The molecule has 7 saturated carbocycles. The lowest BCUT2D eigenvalue weighted by Gasteiger charge is -2.75. The molecule has 116 valence electrons. The molecule has 0 heterocycles. The lowest BCUT2D eigenvalue weighted by atomic mass is 9.30. The van der Waals surface area contributed by atoms with Gasteiger partial charge in [0.1, 0.15) is 0 Å². The topological polar surface area (TPSA) is 0 Å². The number of hydrogen-bond donors (Lipinski definition) is 0. The fourth-order valence-corrected chi connectivity index (χ4v) is 8.65. The van der Waals surface area contributed by atoms with Crippen molar-refractivity contribution in [3.8, 4) is 0 Å². The summed E-state index contributed by atoms with van der Waals surface area (Å²) in [6.45, 7) is 2.48. The van der Waals surface area contributed by atoms with Gasteiger partial charge in [0, 0.05) is 0 Å². The van der Waals surface area contributed by atoms with Crippen LogP contribution in [-0.4, -0.2) is 0 Å². The van der Waals surface area contributed by atoms with Gasteiger partial charge in [0.05, 0.1) is 0 Å². The minimum atomic E-state index is 0.578. The van der Waals surface area contributed by atoms with Crippen LogP contribution in [0.5, 0.6) is 0 Å². The highest BCUT2D eigenvalue weighted by molar-refractivity contribution is 5.32. The average molecular weight is 292 g/mol. The van der Waals surface area contributed by atoms with Gasteiger partial charge in [-0.3, -0.25) is 0 Å². The fraction of sp³-hybridized carbons (Fsp3) is 0.727. The molecular weight excluding hydrogens is 264 g/mol. The summed E-state index contributed by atoms with van der Waals surface area (Å²) < 4.78 is 0. The summed E-state index contributed by atoms with van der Waals surface area (Å²) in [5.41, 5.74) is 3.05. The quantitative estimate of drug-likeness (QED) is 0.682. The number of hydrogen-bond acceptors (Lipinski definition) is 0. The Bertz CT molecular complexity index is 549. The number of benzene rings is 1.